The van der Waals surface area contributed by atoms with Gasteiger partial charge < -0.3 is 29.5 Å². The highest BCUT2D eigenvalue weighted by Crippen LogP contribution is 2.38. The van der Waals surface area contributed by atoms with Gasteiger partial charge in [-0.3, -0.25) is 9.59 Å². The maximum atomic E-state index is 12.4. The molecule has 0 aliphatic rings. The van der Waals surface area contributed by atoms with Crippen molar-refractivity contribution >= 4 is 17.6 Å². The fraction of sp³-hybridized carbons (Fsp3) is 0.300. The Balaban J connectivity index is 2.07. The van der Waals surface area contributed by atoms with E-state index in [1.807, 2.05) is 6.07 Å². The van der Waals surface area contributed by atoms with Gasteiger partial charge in [-0.05, 0) is 29.8 Å². The number of hydrogen-bond acceptors (Lipinski definition) is 6. The van der Waals surface area contributed by atoms with Crippen LogP contribution in [-0.2, 0) is 16.1 Å². The molecule has 0 spiro atoms. The molecule has 0 unspecified atom stereocenters. The van der Waals surface area contributed by atoms with Gasteiger partial charge in [0.05, 0.1) is 27.9 Å². The summed E-state index contributed by atoms with van der Waals surface area (Å²) in [6, 6.07) is 12.4. The van der Waals surface area contributed by atoms with Gasteiger partial charge in [0.25, 0.3) is 0 Å². The summed E-state index contributed by atoms with van der Waals surface area (Å²) in [4.78, 5) is 25.0. The summed E-state index contributed by atoms with van der Waals surface area (Å²) in [5.74, 6) is 0.127. The highest BCUT2D eigenvalue weighted by Gasteiger charge is 2.16. The summed E-state index contributed by atoms with van der Waals surface area (Å²) in [5, 5.41) is 11.9. The number of aliphatic carboxylic acids is 1. The van der Waals surface area contributed by atoms with Gasteiger partial charge in [-0.15, -0.1) is 0 Å². The van der Waals surface area contributed by atoms with E-state index in [2.05, 4.69) is 5.32 Å². The summed E-state index contributed by atoms with van der Waals surface area (Å²) in [6.07, 6.45) is 0. The van der Waals surface area contributed by atoms with E-state index in [9.17, 15) is 9.59 Å². The summed E-state index contributed by atoms with van der Waals surface area (Å²) >= 11 is 0. The summed E-state index contributed by atoms with van der Waals surface area (Å²) in [6.45, 7) is -0.131. The zero-order valence-electron chi connectivity index (χ0n) is 16.1. The average molecular weight is 388 g/mol. The van der Waals surface area contributed by atoms with Crippen LogP contribution in [-0.4, -0.2) is 51.4 Å². The molecule has 0 aliphatic heterocycles. The second kappa shape index (κ2) is 10.1. The number of carbonyl (C=O) groups is 2. The van der Waals surface area contributed by atoms with E-state index < -0.39 is 5.97 Å². The fourth-order valence-electron chi connectivity index (χ4n) is 2.71. The first kappa shape index (κ1) is 20.9. The Kier molecular flexibility index (Phi) is 7.50. The van der Waals surface area contributed by atoms with Gasteiger partial charge in [-0.1, -0.05) is 18.2 Å². The molecule has 8 heteroatoms. The number of nitrogens with zero attached hydrogens (tertiary/aromatic N) is 1. The SMILES string of the molecule is COc1cc(CNC(=O)CN(CC(=O)O)c2ccccc2)cc(OC)c1OC. The minimum absolute atomic E-state index is 0.0826. The van der Waals surface area contributed by atoms with Crippen LogP contribution in [0.4, 0.5) is 5.69 Å². The number of rotatable bonds is 10. The van der Waals surface area contributed by atoms with E-state index in [1.54, 1.807) is 36.4 Å². The molecule has 0 fully saturated rings. The molecular formula is C20H24N2O6. The summed E-state index contributed by atoms with van der Waals surface area (Å²) in [5.41, 5.74) is 1.42. The van der Waals surface area contributed by atoms with Gasteiger partial charge in [-0.2, -0.15) is 0 Å². The molecule has 8 nitrogen and oxygen atoms in total. The largest absolute Gasteiger partial charge is 0.493 e. The van der Waals surface area contributed by atoms with Crippen LogP contribution >= 0.6 is 0 Å². The Morgan fingerprint density at radius 1 is 0.964 bits per heavy atom. The Hall–Kier alpha value is -3.42. The van der Waals surface area contributed by atoms with Crippen molar-refractivity contribution in [3.05, 3.63) is 48.0 Å². The number of hydrogen-bond donors (Lipinski definition) is 2. The number of ether oxygens (including phenoxy) is 3. The van der Waals surface area contributed by atoms with Gasteiger partial charge in [0, 0.05) is 12.2 Å². The molecule has 0 bridgehead atoms. The van der Waals surface area contributed by atoms with Gasteiger partial charge >= 0.3 is 5.97 Å². The first-order chi connectivity index (χ1) is 13.5. The van der Waals surface area contributed by atoms with Crippen molar-refractivity contribution in [2.75, 3.05) is 39.3 Å². The third kappa shape index (κ3) is 5.54. The molecule has 0 aliphatic carbocycles. The Labute approximate surface area is 163 Å². The highest BCUT2D eigenvalue weighted by atomic mass is 16.5. The molecule has 0 saturated carbocycles. The number of para-hydroxylation sites is 1. The topological polar surface area (TPSA) is 97.3 Å². The third-order valence-electron chi connectivity index (χ3n) is 4.00. The number of benzene rings is 2. The zero-order valence-corrected chi connectivity index (χ0v) is 16.1. The van der Waals surface area contributed by atoms with Gasteiger partial charge in [0.15, 0.2) is 11.5 Å². The molecule has 2 rings (SSSR count). The molecule has 0 aromatic heterocycles. The lowest BCUT2D eigenvalue weighted by Crippen LogP contribution is -2.39. The highest BCUT2D eigenvalue weighted by molar-refractivity contribution is 5.84. The first-order valence-electron chi connectivity index (χ1n) is 8.55. The molecule has 2 aromatic carbocycles. The van der Waals surface area contributed by atoms with Gasteiger partial charge in [-0.25, -0.2) is 0 Å². The molecule has 150 valence electrons. The normalized spacial score (nSPS) is 10.1. The van der Waals surface area contributed by atoms with Gasteiger partial charge in [0.2, 0.25) is 11.7 Å². The van der Waals surface area contributed by atoms with E-state index in [-0.39, 0.29) is 25.5 Å². The lowest BCUT2D eigenvalue weighted by Gasteiger charge is -2.22. The molecule has 28 heavy (non-hydrogen) atoms. The van der Waals surface area contributed by atoms with Crippen LogP contribution in [0, 0.1) is 0 Å². The number of carboxylic acid groups (broad SMARTS) is 1. The number of carboxylic acids is 1. The Morgan fingerprint density at radius 2 is 1.57 bits per heavy atom. The second-order valence-electron chi connectivity index (χ2n) is 5.90. The Morgan fingerprint density at radius 3 is 2.07 bits per heavy atom. The van der Waals surface area contributed by atoms with Gasteiger partial charge in [0.1, 0.15) is 6.54 Å². The maximum Gasteiger partial charge on any atom is 0.323 e. The maximum absolute atomic E-state index is 12.4. The van der Waals surface area contributed by atoms with Crippen LogP contribution in [0.2, 0.25) is 0 Å². The number of nitrogens with one attached hydrogen (secondary N) is 1. The monoisotopic (exact) mass is 388 g/mol. The van der Waals surface area contributed by atoms with Crippen molar-refractivity contribution < 1.29 is 28.9 Å². The smallest absolute Gasteiger partial charge is 0.323 e. The van der Waals surface area contributed by atoms with Crippen molar-refractivity contribution in [3.8, 4) is 17.2 Å². The van der Waals surface area contributed by atoms with Crippen LogP contribution in [0.15, 0.2) is 42.5 Å². The van der Waals surface area contributed by atoms with Crippen LogP contribution in [0.25, 0.3) is 0 Å². The minimum Gasteiger partial charge on any atom is -0.493 e. The lowest BCUT2D eigenvalue weighted by atomic mass is 10.1. The van der Waals surface area contributed by atoms with Crippen molar-refractivity contribution in [3.63, 3.8) is 0 Å². The zero-order chi connectivity index (χ0) is 20.5. The van der Waals surface area contributed by atoms with Crippen LogP contribution in [0.1, 0.15) is 5.56 Å². The van der Waals surface area contributed by atoms with E-state index >= 15 is 0 Å². The van der Waals surface area contributed by atoms with Crippen molar-refractivity contribution in [2.45, 2.75) is 6.54 Å². The summed E-state index contributed by atoms with van der Waals surface area (Å²) < 4.78 is 15.9. The molecule has 2 aromatic rings. The quantitative estimate of drug-likeness (QED) is 0.642. The molecule has 0 radical (unpaired) electrons. The number of anilines is 1. The van der Waals surface area contributed by atoms with Crippen molar-refractivity contribution in [2.24, 2.45) is 0 Å². The van der Waals surface area contributed by atoms with Crippen molar-refractivity contribution in [1.29, 1.82) is 0 Å². The fourth-order valence-corrected chi connectivity index (χ4v) is 2.71. The van der Waals surface area contributed by atoms with Crippen molar-refractivity contribution in [1.82, 2.24) is 5.32 Å². The Bertz CT molecular complexity index is 785. The molecule has 0 atom stereocenters. The number of amides is 1. The predicted molar refractivity (Wildman–Crippen MR) is 104 cm³/mol. The predicted octanol–water partition coefficient (Wildman–Crippen LogP) is 1.92. The molecule has 0 saturated heterocycles. The molecule has 0 heterocycles. The van der Waals surface area contributed by atoms with Crippen LogP contribution in [0.5, 0.6) is 17.2 Å². The van der Waals surface area contributed by atoms with E-state index in [4.69, 9.17) is 19.3 Å². The third-order valence-corrected chi connectivity index (χ3v) is 4.00. The van der Waals surface area contributed by atoms with E-state index in [1.165, 1.54) is 26.2 Å². The first-order valence-corrected chi connectivity index (χ1v) is 8.55. The number of carbonyl (C=O) groups excluding carboxylic acids is 1. The molecular weight excluding hydrogens is 364 g/mol. The molecule has 1 amide bonds. The van der Waals surface area contributed by atoms with Crippen LogP contribution < -0.4 is 24.4 Å². The lowest BCUT2D eigenvalue weighted by molar-refractivity contribution is -0.135. The van der Waals surface area contributed by atoms with Crippen LogP contribution in [0.3, 0.4) is 0 Å². The van der Waals surface area contributed by atoms with E-state index in [0.717, 1.165) is 5.56 Å². The average Bonchev–Trinajstić information content (AvgIpc) is 2.71. The number of methoxy groups -OCH3 is 3. The standard InChI is InChI=1S/C20H24N2O6/c1-26-16-9-14(10-17(27-2)20(16)28-3)11-21-18(23)12-22(13-19(24)25)15-7-5-4-6-8-15/h4-10H,11-13H2,1-3H3,(H,21,23)(H,24,25). The van der Waals surface area contributed by atoms with E-state index in [0.29, 0.717) is 22.9 Å². The minimum atomic E-state index is -1.01. The summed E-state index contributed by atoms with van der Waals surface area (Å²) in [7, 11) is 4.55. The second-order valence-corrected chi connectivity index (χ2v) is 5.90. The molecule has 2 N–H and O–H groups in total.